The molecule has 0 unspecified atom stereocenters. The monoisotopic (exact) mass is 316 g/mol. The molecule has 0 aliphatic heterocycles. The third-order valence-electron chi connectivity index (χ3n) is 3.28. The van der Waals surface area contributed by atoms with Crippen LogP contribution in [0.5, 0.6) is 0 Å². The normalized spacial score (nSPS) is 10.2. The van der Waals surface area contributed by atoms with Crippen molar-refractivity contribution in [3.05, 3.63) is 60.0 Å². The largest absolute Gasteiger partial charge is 0.478 e. The molecular formula is C16H17ClN4O. The fourth-order valence-electron chi connectivity index (χ4n) is 2.22. The van der Waals surface area contributed by atoms with Crippen LogP contribution in [-0.4, -0.2) is 27.3 Å². The van der Waals surface area contributed by atoms with Gasteiger partial charge in [-0.1, -0.05) is 12.1 Å². The van der Waals surface area contributed by atoms with E-state index in [0.29, 0.717) is 13.2 Å². The van der Waals surface area contributed by atoms with Crippen molar-refractivity contribution < 1.29 is 4.74 Å². The topological polar surface area (TPSA) is 63.8 Å². The van der Waals surface area contributed by atoms with Crippen molar-refractivity contribution in [2.75, 3.05) is 6.61 Å². The SMILES string of the molecule is CCOC(=N)c1ccc(Cn2ncc3cnccc32)cc1.Cl. The molecule has 0 bridgehead atoms. The molecule has 1 aromatic carbocycles. The van der Waals surface area contributed by atoms with Gasteiger partial charge in [0.05, 0.1) is 24.9 Å². The lowest BCUT2D eigenvalue weighted by atomic mass is 10.1. The molecule has 0 saturated carbocycles. The van der Waals surface area contributed by atoms with Gasteiger partial charge in [-0.25, -0.2) is 0 Å². The predicted octanol–water partition coefficient (Wildman–Crippen LogP) is 3.26. The first-order valence-electron chi connectivity index (χ1n) is 6.84. The van der Waals surface area contributed by atoms with E-state index in [-0.39, 0.29) is 18.3 Å². The Balaban J connectivity index is 0.00000176. The maximum atomic E-state index is 7.76. The molecule has 2 aromatic heterocycles. The lowest BCUT2D eigenvalue weighted by Gasteiger charge is -2.07. The van der Waals surface area contributed by atoms with Crippen molar-refractivity contribution in [1.82, 2.24) is 14.8 Å². The summed E-state index contributed by atoms with van der Waals surface area (Å²) in [6.45, 7) is 3.07. The van der Waals surface area contributed by atoms with Gasteiger partial charge in [-0.05, 0) is 30.7 Å². The first-order valence-corrected chi connectivity index (χ1v) is 6.84. The summed E-state index contributed by atoms with van der Waals surface area (Å²) in [6, 6.07) is 9.76. The number of fused-ring (bicyclic) bond motifs is 1. The Labute approximate surface area is 134 Å². The second-order valence-corrected chi connectivity index (χ2v) is 4.70. The molecular weight excluding hydrogens is 300 g/mol. The van der Waals surface area contributed by atoms with Gasteiger partial charge in [0.2, 0.25) is 5.90 Å². The third kappa shape index (κ3) is 3.26. The molecule has 2 heterocycles. The van der Waals surface area contributed by atoms with E-state index < -0.39 is 0 Å². The summed E-state index contributed by atoms with van der Waals surface area (Å²) in [5, 5.41) is 13.2. The molecule has 0 aliphatic carbocycles. The molecule has 0 atom stereocenters. The fraction of sp³-hybridized carbons (Fsp3) is 0.188. The number of benzene rings is 1. The number of hydrogen-bond donors (Lipinski definition) is 1. The van der Waals surface area contributed by atoms with Crippen molar-refractivity contribution in [3.8, 4) is 0 Å². The number of ether oxygens (including phenoxy) is 1. The standard InChI is InChI=1S/C16H16N4O.ClH/c1-2-21-16(17)13-5-3-12(4-6-13)11-20-15-7-8-18-9-14(15)10-19-20;/h3-10,17H,2,11H2,1H3;1H. The van der Waals surface area contributed by atoms with Crippen LogP contribution >= 0.6 is 12.4 Å². The lowest BCUT2D eigenvalue weighted by Crippen LogP contribution is -2.05. The van der Waals surface area contributed by atoms with Crippen molar-refractivity contribution in [2.24, 2.45) is 0 Å². The fourth-order valence-corrected chi connectivity index (χ4v) is 2.22. The highest BCUT2D eigenvalue weighted by molar-refractivity contribution is 5.91. The second-order valence-electron chi connectivity index (χ2n) is 4.70. The zero-order valence-electron chi connectivity index (χ0n) is 12.2. The molecule has 3 rings (SSSR count). The molecule has 0 radical (unpaired) electrons. The van der Waals surface area contributed by atoms with E-state index in [1.54, 1.807) is 6.20 Å². The summed E-state index contributed by atoms with van der Waals surface area (Å²) in [7, 11) is 0. The summed E-state index contributed by atoms with van der Waals surface area (Å²) < 4.78 is 7.13. The van der Waals surface area contributed by atoms with Gasteiger partial charge < -0.3 is 4.74 Å². The Morgan fingerprint density at radius 1 is 1.18 bits per heavy atom. The summed E-state index contributed by atoms with van der Waals surface area (Å²) >= 11 is 0. The van der Waals surface area contributed by atoms with Gasteiger partial charge in [0.25, 0.3) is 0 Å². The molecule has 0 amide bonds. The Morgan fingerprint density at radius 2 is 1.95 bits per heavy atom. The maximum Gasteiger partial charge on any atom is 0.213 e. The summed E-state index contributed by atoms with van der Waals surface area (Å²) in [4.78, 5) is 4.09. The van der Waals surface area contributed by atoms with E-state index in [2.05, 4.69) is 10.1 Å². The molecule has 0 fully saturated rings. The Bertz CT molecular complexity index is 767. The van der Waals surface area contributed by atoms with Gasteiger partial charge in [-0.3, -0.25) is 15.1 Å². The van der Waals surface area contributed by atoms with Crippen LogP contribution in [0.1, 0.15) is 18.1 Å². The smallest absolute Gasteiger partial charge is 0.213 e. The van der Waals surface area contributed by atoms with Crippen LogP contribution in [0.4, 0.5) is 0 Å². The van der Waals surface area contributed by atoms with Gasteiger partial charge >= 0.3 is 0 Å². The van der Waals surface area contributed by atoms with Crippen LogP contribution in [0.25, 0.3) is 10.9 Å². The Morgan fingerprint density at radius 3 is 2.68 bits per heavy atom. The third-order valence-corrected chi connectivity index (χ3v) is 3.28. The van der Waals surface area contributed by atoms with Gasteiger partial charge in [0, 0.05) is 23.3 Å². The number of pyridine rings is 1. The summed E-state index contributed by atoms with van der Waals surface area (Å²) in [5.74, 6) is 0.208. The molecule has 1 N–H and O–H groups in total. The molecule has 22 heavy (non-hydrogen) atoms. The number of nitrogens with zero attached hydrogens (tertiary/aromatic N) is 3. The molecule has 6 heteroatoms. The number of halogens is 1. The Hall–Kier alpha value is -2.40. The second kappa shape index (κ2) is 7.04. The van der Waals surface area contributed by atoms with E-state index >= 15 is 0 Å². The number of hydrogen-bond acceptors (Lipinski definition) is 4. The van der Waals surface area contributed by atoms with Crippen molar-refractivity contribution in [2.45, 2.75) is 13.5 Å². The van der Waals surface area contributed by atoms with Gasteiger partial charge in [-0.15, -0.1) is 12.4 Å². The predicted molar refractivity (Wildman–Crippen MR) is 88.8 cm³/mol. The minimum atomic E-state index is 0. The van der Waals surface area contributed by atoms with E-state index in [9.17, 15) is 0 Å². The number of rotatable bonds is 4. The number of nitrogens with one attached hydrogen (secondary N) is 1. The average molecular weight is 317 g/mol. The molecule has 0 spiro atoms. The minimum Gasteiger partial charge on any atom is -0.478 e. The van der Waals surface area contributed by atoms with Crippen LogP contribution in [-0.2, 0) is 11.3 Å². The Kier molecular flexibility index (Phi) is 5.12. The maximum absolute atomic E-state index is 7.76. The van der Waals surface area contributed by atoms with E-state index in [1.165, 1.54) is 0 Å². The zero-order valence-corrected chi connectivity index (χ0v) is 13.0. The number of aromatic nitrogens is 3. The van der Waals surface area contributed by atoms with Gasteiger partial charge in [-0.2, -0.15) is 5.10 Å². The van der Waals surface area contributed by atoms with Gasteiger partial charge in [0.15, 0.2) is 0 Å². The molecule has 114 valence electrons. The van der Waals surface area contributed by atoms with E-state index in [1.807, 2.05) is 54.3 Å². The van der Waals surface area contributed by atoms with Crippen molar-refractivity contribution in [1.29, 1.82) is 5.41 Å². The molecule has 3 aromatic rings. The average Bonchev–Trinajstić information content (AvgIpc) is 2.92. The van der Waals surface area contributed by atoms with Crippen LogP contribution < -0.4 is 0 Å². The van der Waals surface area contributed by atoms with E-state index in [4.69, 9.17) is 10.1 Å². The first-order chi connectivity index (χ1) is 10.3. The summed E-state index contributed by atoms with van der Waals surface area (Å²) in [5.41, 5.74) is 2.98. The quantitative estimate of drug-likeness (QED) is 0.593. The molecule has 0 saturated heterocycles. The highest BCUT2D eigenvalue weighted by atomic mass is 35.5. The lowest BCUT2D eigenvalue weighted by molar-refractivity contribution is 0.325. The van der Waals surface area contributed by atoms with Crippen molar-refractivity contribution in [3.63, 3.8) is 0 Å². The summed E-state index contributed by atoms with van der Waals surface area (Å²) in [6.07, 6.45) is 5.40. The minimum absolute atomic E-state index is 0. The highest BCUT2D eigenvalue weighted by Gasteiger charge is 2.05. The molecule has 5 nitrogen and oxygen atoms in total. The van der Waals surface area contributed by atoms with Crippen molar-refractivity contribution >= 4 is 29.2 Å². The molecule has 0 aliphatic rings. The van der Waals surface area contributed by atoms with Crippen LogP contribution in [0, 0.1) is 5.41 Å². The zero-order chi connectivity index (χ0) is 14.7. The van der Waals surface area contributed by atoms with Gasteiger partial charge in [0.1, 0.15) is 0 Å². The van der Waals surface area contributed by atoms with Crippen LogP contribution in [0.2, 0.25) is 0 Å². The van der Waals surface area contributed by atoms with E-state index in [0.717, 1.165) is 22.0 Å². The van der Waals surface area contributed by atoms with Crippen LogP contribution in [0.15, 0.2) is 48.9 Å². The first kappa shape index (κ1) is 16.0. The highest BCUT2D eigenvalue weighted by Crippen LogP contribution is 2.14. The van der Waals surface area contributed by atoms with Crippen LogP contribution in [0.3, 0.4) is 0 Å².